The Morgan fingerprint density at radius 3 is 2.53 bits per heavy atom. The zero-order valence-electron chi connectivity index (χ0n) is 11.9. The summed E-state index contributed by atoms with van der Waals surface area (Å²) >= 11 is 0. The summed E-state index contributed by atoms with van der Waals surface area (Å²) in [5.41, 5.74) is -0.0515. The molecule has 4 nitrogen and oxygen atoms in total. The Morgan fingerprint density at radius 2 is 2.00 bits per heavy atom. The van der Waals surface area contributed by atoms with Gasteiger partial charge in [-0.3, -0.25) is 4.79 Å². The van der Waals surface area contributed by atoms with Gasteiger partial charge in [0.05, 0.1) is 0 Å². The number of ether oxygens (including phenoxy) is 1. The van der Waals surface area contributed by atoms with Crippen LogP contribution in [0.25, 0.3) is 0 Å². The highest BCUT2D eigenvalue weighted by atomic mass is 16.5. The van der Waals surface area contributed by atoms with Gasteiger partial charge in [0.1, 0.15) is 5.41 Å². The van der Waals surface area contributed by atoms with Gasteiger partial charge in [0.15, 0.2) is 0 Å². The van der Waals surface area contributed by atoms with Gasteiger partial charge in [-0.25, -0.2) is 0 Å². The number of benzene rings is 1. The van der Waals surface area contributed by atoms with E-state index in [9.17, 15) is 9.90 Å². The van der Waals surface area contributed by atoms with Crippen LogP contribution in [0.1, 0.15) is 18.9 Å². The van der Waals surface area contributed by atoms with Crippen LogP contribution in [0.5, 0.6) is 0 Å². The topological polar surface area (TPSA) is 49.8 Å². The predicted molar refractivity (Wildman–Crippen MR) is 75.4 cm³/mol. The quantitative estimate of drug-likeness (QED) is 0.730. The molecule has 0 saturated carbocycles. The zero-order chi connectivity index (χ0) is 14.3. The number of methoxy groups -OCH3 is 1. The van der Waals surface area contributed by atoms with E-state index in [0.29, 0.717) is 13.2 Å². The zero-order valence-corrected chi connectivity index (χ0v) is 11.9. The van der Waals surface area contributed by atoms with Crippen molar-refractivity contribution >= 4 is 5.97 Å². The van der Waals surface area contributed by atoms with Gasteiger partial charge in [-0.2, -0.15) is 0 Å². The van der Waals surface area contributed by atoms with Gasteiger partial charge in [0.25, 0.3) is 0 Å². The number of hydrogen-bond acceptors (Lipinski definition) is 3. The fourth-order valence-corrected chi connectivity index (χ4v) is 2.19. The van der Waals surface area contributed by atoms with Crippen molar-refractivity contribution in [3.05, 3.63) is 35.9 Å². The number of hydrogen-bond donors (Lipinski definition) is 1. The Kier molecular flexibility index (Phi) is 5.99. The predicted octanol–water partition coefficient (Wildman–Crippen LogP) is 2.00. The Hall–Kier alpha value is -1.39. The molecule has 19 heavy (non-hydrogen) atoms. The molecule has 1 rings (SSSR count). The van der Waals surface area contributed by atoms with Gasteiger partial charge in [-0.15, -0.1) is 0 Å². The van der Waals surface area contributed by atoms with Crippen molar-refractivity contribution in [2.75, 3.05) is 33.9 Å². The Labute approximate surface area is 115 Å². The van der Waals surface area contributed by atoms with E-state index in [1.54, 1.807) is 14.0 Å². The van der Waals surface area contributed by atoms with Crippen molar-refractivity contribution in [3.8, 4) is 0 Å². The molecule has 0 aliphatic carbocycles. The van der Waals surface area contributed by atoms with Gasteiger partial charge in [0.2, 0.25) is 0 Å². The van der Waals surface area contributed by atoms with Crippen LogP contribution in [0.15, 0.2) is 30.3 Å². The van der Waals surface area contributed by atoms with Crippen LogP contribution >= 0.6 is 0 Å². The van der Waals surface area contributed by atoms with Crippen LogP contribution in [0.2, 0.25) is 0 Å². The molecular formula is C15H23NO3. The highest BCUT2D eigenvalue weighted by Gasteiger charge is 2.36. The summed E-state index contributed by atoms with van der Waals surface area (Å²) in [6, 6.07) is 9.39. The summed E-state index contributed by atoms with van der Waals surface area (Å²) < 4.78 is 5.01. The molecule has 4 heteroatoms. The lowest BCUT2D eigenvalue weighted by atomic mass is 9.82. The Balaban J connectivity index is 2.75. The van der Waals surface area contributed by atoms with Gasteiger partial charge in [0, 0.05) is 26.8 Å². The molecule has 0 saturated heterocycles. The molecule has 0 aliphatic rings. The molecular weight excluding hydrogens is 242 g/mol. The second-order valence-electron chi connectivity index (χ2n) is 5.09. The minimum absolute atomic E-state index is 0.482. The first-order chi connectivity index (χ1) is 9.00. The smallest absolute Gasteiger partial charge is 0.315 e. The van der Waals surface area contributed by atoms with Crippen molar-refractivity contribution in [2.24, 2.45) is 0 Å². The average molecular weight is 265 g/mol. The first kappa shape index (κ1) is 15.7. The number of carboxylic acid groups (broad SMARTS) is 1. The van der Waals surface area contributed by atoms with Crippen LogP contribution in [0, 0.1) is 0 Å². The van der Waals surface area contributed by atoms with E-state index in [1.807, 2.05) is 42.3 Å². The molecule has 0 amide bonds. The van der Waals surface area contributed by atoms with Crippen molar-refractivity contribution in [2.45, 2.75) is 18.8 Å². The van der Waals surface area contributed by atoms with Gasteiger partial charge < -0.3 is 14.7 Å². The monoisotopic (exact) mass is 265 g/mol. The van der Waals surface area contributed by atoms with E-state index in [-0.39, 0.29) is 0 Å². The molecule has 1 aromatic carbocycles. The van der Waals surface area contributed by atoms with Crippen LogP contribution in [0.3, 0.4) is 0 Å². The molecule has 0 radical (unpaired) electrons. The number of carboxylic acids is 1. The largest absolute Gasteiger partial charge is 0.481 e. The standard InChI is InChI=1S/C15H23NO3/c1-15(14(17)18,13-8-5-4-6-9-13)12-16(2)10-7-11-19-3/h4-6,8-9H,7,10-12H2,1-3H3,(H,17,18). The Bertz CT molecular complexity index is 394. The summed E-state index contributed by atoms with van der Waals surface area (Å²) in [5, 5.41) is 9.56. The van der Waals surface area contributed by atoms with Gasteiger partial charge in [-0.05, 0) is 26.0 Å². The van der Waals surface area contributed by atoms with Gasteiger partial charge >= 0.3 is 5.97 Å². The molecule has 0 fully saturated rings. The maximum atomic E-state index is 11.6. The van der Waals surface area contributed by atoms with Crippen molar-refractivity contribution in [1.29, 1.82) is 0 Å². The lowest BCUT2D eigenvalue weighted by molar-refractivity contribution is -0.143. The Morgan fingerprint density at radius 1 is 1.37 bits per heavy atom. The minimum Gasteiger partial charge on any atom is -0.481 e. The molecule has 0 aromatic heterocycles. The summed E-state index contributed by atoms with van der Waals surface area (Å²) in [7, 11) is 3.62. The van der Waals surface area contributed by atoms with Crippen molar-refractivity contribution in [3.63, 3.8) is 0 Å². The third-order valence-electron chi connectivity index (χ3n) is 3.36. The van der Waals surface area contributed by atoms with Crippen LogP contribution in [0.4, 0.5) is 0 Å². The van der Waals surface area contributed by atoms with Crippen molar-refractivity contribution in [1.82, 2.24) is 4.90 Å². The highest BCUT2D eigenvalue weighted by molar-refractivity contribution is 5.81. The number of nitrogens with zero attached hydrogens (tertiary/aromatic N) is 1. The number of carbonyl (C=O) groups is 1. The molecule has 106 valence electrons. The van der Waals surface area contributed by atoms with E-state index < -0.39 is 11.4 Å². The summed E-state index contributed by atoms with van der Waals surface area (Å²) in [5.74, 6) is -0.794. The van der Waals surface area contributed by atoms with Gasteiger partial charge in [-0.1, -0.05) is 30.3 Å². The third kappa shape index (κ3) is 4.33. The van der Waals surface area contributed by atoms with Crippen molar-refractivity contribution < 1.29 is 14.6 Å². The number of aliphatic carboxylic acids is 1. The molecule has 0 aliphatic heterocycles. The van der Waals surface area contributed by atoms with Crippen LogP contribution in [-0.2, 0) is 14.9 Å². The molecule has 1 N–H and O–H groups in total. The highest BCUT2D eigenvalue weighted by Crippen LogP contribution is 2.25. The molecule has 0 heterocycles. The van der Waals surface area contributed by atoms with E-state index in [4.69, 9.17) is 4.74 Å². The molecule has 1 aromatic rings. The molecule has 1 atom stereocenters. The number of likely N-dealkylation sites (N-methyl/N-ethyl adjacent to an activating group) is 1. The fourth-order valence-electron chi connectivity index (χ4n) is 2.19. The second kappa shape index (κ2) is 7.26. The normalized spacial score (nSPS) is 14.3. The maximum absolute atomic E-state index is 11.6. The van der Waals surface area contributed by atoms with Crippen LogP contribution < -0.4 is 0 Å². The van der Waals surface area contributed by atoms with E-state index >= 15 is 0 Å². The third-order valence-corrected chi connectivity index (χ3v) is 3.36. The second-order valence-corrected chi connectivity index (χ2v) is 5.09. The summed E-state index contributed by atoms with van der Waals surface area (Å²) in [6.07, 6.45) is 0.900. The molecule has 0 spiro atoms. The van der Waals surface area contributed by atoms with E-state index in [0.717, 1.165) is 18.5 Å². The first-order valence-corrected chi connectivity index (χ1v) is 6.47. The van der Waals surface area contributed by atoms with E-state index in [2.05, 4.69) is 0 Å². The average Bonchev–Trinajstić information content (AvgIpc) is 2.39. The lowest BCUT2D eigenvalue weighted by Crippen LogP contribution is -2.43. The minimum atomic E-state index is -0.886. The molecule has 0 bridgehead atoms. The summed E-state index contributed by atoms with van der Waals surface area (Å²) in [4.78, 5) is 13.7. The summed E-state index contributed by atoms with van der Waals surface area (Å²) in [6.45, 7) is 3.77. The maximum Gasteiger partial charge on any atom is 0.315 e. The lowest BCUT2D eigenvalue weighted by Gasteiger charge is -2.30. The fraction of sp³-hybridized carbons (Fsp3) is 0.533. The van der Waals surface area contributed by atoms with E-state index in [1.165, 1.54) is 0 Å². The van der Waals surface area contributed by atoms with Crippen LogP contribution in [-0.4, -0.2) is 49.8 Å². The molecule has 1 unspecified atom stereocenters. The number of rotatable bonds is 8. The SMILES string of the molecule is COCCCN(C)CC(C)(C(=O)O)c1ccccc1. The first-order valence-electron chi connectivity index (χ1n) is 6.47.